The molecule has 1 N–H and O–H groups in total. The van der Waals surface area contributed by atoms with Gasteiger partial charge in [0, 0.05) is 13.0 Å². The van der Waals surface area contributed by atoms with Gasteiger partial charge in [-0.2, -0.15) is 5.26 Å². The number of unbranched alkanes of at least 4 members (excludes halogenated alkanes) is 8. The van der Waals surface area contributed by atoms with E-state index in [4.69, 9.17) is 10.4 Å². The van der Waals surface area contributed by atoms with Crippen LogP contribution in [0.25, 0.3) is 0 Å². The van der Waals surface area contributed by atoms with Crippen LogP contribution < -0.4 is 0 Å². The minimum atomic E-state index is -1.03. The molecule has 0 heterocycles. The van der Waals surface area contributed by atoms with Crippen LogP contribution in [-0.4, -0.2) is 64.5 Å². The molecule has 0 atom stereocenters. The molecule has 0 aromatic rings. The second kappa shape index (κ2) is 17.8. The van der Waals surface area contributed by atoms with Crippen LogP contribution in [0.4, 0.5) is 0 Å². The van der Waals surface area contributed by atoms with Crippen molar-refractivity contribution in [3.05, 3.63) is 0 Å². The Balaban J connectivity index is 0. The Morgan fingerprint density at radius 3 is 2.00 bits per heavy atom. The van der Waals surface area contributed by atoms with Crippen LogP contribution in [0.1, 0.15) is 77.6 Å². The van der Waals surface area contributed by atoms with Crippen LogP contribution in [0.3, 0.4) is 0 Å². The molecule has 5 nitrogen and oxygen atoms in total. The Labute approximate surface area is 162 Å². The van der Waals surface area contributed by atoms with Crippen molar-refractivity contribution in [2.45, 2.75) is 77.6 Å². The van der Waals surface area contributed by atoms with Gasteiger partial charge in [-0.1, -0.05) is 58.3 Å². The fourth-order valence-corrected chi connectivity index (χ4v) is 2.39. The van der Waals surface area contributed by atoms with Crippen molar-refractivity contribution in [2.75, 3.05) is 13.1 Å². The van der Waals surface area contributed by atoms with Crippen LogP contribution >= 0.6 is 0 Å². The normalized spacial score (nSPS) is 9.74. The van der Waals surface area contributed by atoms with Crippen molar-refractivity contribution in [3.63, 3.8) is 0 Å². The molecule has 0 saturated heterocycles. The molecule has 6 heteroatoms. The van der Waals surface area contributed by atoms with Crippen LogP contribution in [0.2, 0.25) is 0 Å². The van der Waals surface area contributed by atoms with Crippen molar-refractivity contribution < 1.29 is 14.7 Å². The molecule has 128 valence electrons. The van der Waals surface area contributed by atoms with Crippen LogP contribution in [0.15, 0.2) is 0 Å². The van der Waals surface area contributed by atoms with Gasteiger partial charge in [-0.15, -0.1) is 0 Å². The van der Waals surface area contributed by atoms with Crippen molar-refractivity contribution in [1.82, 2.24) is 4.90 Å². The summed E-state index contributed by atoms with van der Waals surface area (Å²) < 4.78 is 0. The summed E-state index contributed by atoms with van der Waals surface area (Å²) in [5.74, 6) is -1.18. The van der Waals surface area contributed by atoms with Crippen molar-refractivity contribution in [1.29, 1.82) is 5.26 Å². The molecule has 0 aromatic heterocycles. The van der Waals surface area contributed by atoms with E-state index < -0.39 is 5.97 Å². The Morgan fingerprint density at radius 2 is 1.52 bits per heavy atom. The van der Waals surface area contributed by atoms with Gasteiger partial charge in [0.2, 0.25) is 5.91 Å². The average molecular weight is 334 g/mol. The van der Waals surface area contributed by atoms with Crippen molar-refractivity contribution in [2.24, 2.45) is 0 Å². The third-order valence-corrected chi connectivity index (χ3v) is 3.67. The zero-order valence-corrected chi connectivity index (χ0v) is 13.9. The number of amides is 1. The summed E-state index contributed by atoms with van der Waals surface area (Å²) in [6.07, 6.45) is 11.2. The minimum absolute atomic E-state index is 0. The number of hydrogen-bond acceptors (Lipinski definition) is 3. The zero-order valence-electron chi connectivity index (χ0n) is 13.9. The fraction of sp³-hybridized carbons (Fsp3) is 0.824. The summed E-state index contributed by atoms with van der Waals surface area (Å²) in [4.78, 5) is 23.9. The zero-order chi connectivity index (χ0) is 16.6. The summed E-state index contributed by atoms with van der Waals surface area (Å²) in [6, 6.07) is 1.94. The number of carbonyl (C=O) groups is 2. The van der Waals surface area contributed by atoms with Crippen LogP contribution in [-0.2, 0) is 9.59 Å². The molecule has 23 heavy (non-hydrogen) atoms. The van der Waals surface area contributed by atoms with E-state index >= 15 is 0 Å². The van der Waals surface area contributed by atoms with E-state index in [1.165, 1.54) is 43.4 Å². The van der Waals surface area contributed by atoms with E-state index in [0.29, 0.717) is 6.42 Å². The molecular formula is C17H31N2NaO3. The Bertz CT molecular complexity index is 356. The van der Waals surface area contributed by atoms with E-state index in [2.05, 4.69) is 6.92 Å². The predicted molar refractivity (Wildman–Crippen MR) is 93.4 cm³/mol. The summed E-state index contributed by atoms with van der Waals surface area (Å²) in [6.45, 7) is 2.11. The van der Waals surface area contributed by atoms with Crippen molar-refractivity contribution in [3.8, 4) is 6.07 Å². The van der Waals surface area contributed by atoms with Gasteiger partial charge in [0.25, 0.3) is 0 Å². The molecule has 0 saturated carbocycles. The molecule has 0 radical (unpaired) electrons. The first-order valence-corrected chi connectivity index (χ1v) is 8.48. The van der Waals surface area contributed by atoms with Gasteiger partial charge in [0.15, 0.2) is 0 Å². The maximum absolute atomic E-state index is 11.9. The second-order valence-corrected chi connectivity index (χ2v) is 5.70. The molecular weight excluding hydrogens is 303 g/mol. The molecule has 0 aromatic carbocycles. The quantitative estimate of drug-likeness (QED) is 0.391. The van der Waals surface area contributed by atoms with E-state index in [-0.39, 0.29) is 55.0 Å². The third kappa shape index (κ3) is 16.1. The molecule has 0 aliphatic carbocycles. The Morgan fingerprint density at radius 1 is 1.00 bits per heavy atom. The number of rotatable bonds is 14. The van der Waals surface area contributed by atoms with E-state index in [0.717, 1.165) is 19.3 Å². The molecule has 0 unspecified atom stereocenters. The first-order valence-electron chi connectivity index (χ1n) is 8.48. The predicted octanol–water partition coefficient (Wildman–Crippen LogP) is 3.09. The van der Waals surface area contributed by atoms with E-state index in [1.807, 2.05) is 6.07 Å². The number of nitrogens with zero attached hydrogens (tertiary/aromatic N) is 2. The van der Waals surface area contributed by atoms with Crippen molar-refractivity contribution >= 4 is 41.4 Å². The molecule has 0 spiro atoms. The van der Waals surface area contributed by atoms with Gasteiger partial charge in [0.05, 0.1) is 12.5 Å². The van der Waals surface area contributed by atoms with Crippen LogP contribution in [0, 0.1) is 11.3 Å². The second-order valence-electron chi connectivity index (χ2n) is 5.70. The third-order valence-electron chi connectivity index (χ3n) is 3.67. The summed E-state index contributed by atoms with van der Waals surface area (Å²) in [5, 5.41) is 17.3. The molecule has 1 amide bonds. The maximum atomic E-state index is 11.9. The molecule has 0 bridgehead atoms. The molecule has 0 fully saturated rings. The number of carboxylic acids is 1. The summed E-state index contributed by atoms with van der Waals surface area (Å²) >= 11 is 0. The number of hydrogen-bond donors (Lipinski definition) is 1. The molecule has 0 aliphatic rings. The summed E-state index contributed by atoms with van der Waals surface area (Å²) in [5.41, 5.74) is 0. The first kappa shape index (κ1) is 24.7. The van der Waals surface area contributed by atoms with E-state index in [9.17, 15) is 9.59 Å². The molecule has 0 rings (SSSR count). The number of aliphatic carboxylic acids is 1. The number of carboxylic acid groups (broad SMARTS) is 1. The van der Waals surface area contributed by atoms with Gasteiger partial charge >= 0.3 is 35.5 Å². The number of nitriles is 1. The monoisotopic (exact) mass is 334 g/mol. The topological polar surface area (TPSA) is 81.4 Å². The van der Waals surface area contributed by atoms with Gasteiger partial charge in [-0.3, -0.25) is 9.59 Å². The Kier molecular flexibility index (Phi) is 19.1. The Hall–Kier alpha value is -0.570. The fourth-order valence-electron chi connectivity index (χ4n) is 2.39. The average Bonchev–Trinajstić information content (AvgIpc) is 2.49. The van der Waals surface area contributed by atoms with Crippen LogP contribution in [0.5, 0.6) is 0 Å². The van der Waals surface area contributed by atoms with Gasteiger partial charge in [-0.25, -0.2) is 0 Å². The van der Waals surface area contributed by atoms with Gasteiger partial charge in [-0.05, 0) is 6.42 Å². The van der Waals surface area contributed by atoms with Gasteiger partial charge < -0.3 is 10.0 Å². The number of carbonyl (C=O) groups excluding carboxylic acids is 1. The molecule has 0 aliphatic heterocycles. The first-order chi connectivity index (χ1) is 10.6. The van der Waals surface area contributed by atoms with Gasteiger partial charge in [0.1, 0.15) is 6.54 Å². The summed E-state index contributed by atoms with van der Waals surface area (Å²) in [7, 11) is 0. The van der Waals surface area contributed by atoms with E-state index in [1.54, 1.807) is 0 Å². The standard InChI is InChI=1S/C17H30N2O3.Na.H/c1-2-3-4-5-6-7-8-9-10-12-16(20)19(14-11-13-18)15-17(21)22;;/h2-12,14-15H2,1H3,(H,21,22);;. The SMILES string of the molecule is CCCCCCCCCCCC(=O)N(CCC#N)CC(=O)O.[NaH].